The summed E-state index contributed by atoms with van der Waals surface area (Å²) in [6, 6.07) is 8.39. The van der Waals surface area contributed by atoms with Crippen molar-refractivity contribution >= 4 is 27.3 Å². The predicted molar refractivity (Wildman–Crippen MR) is 81.3 cm³/mol. The molecule has 0 saturated carbocycles. The zero-order valence-corrected chi connectivity index (χ0v) is 12.9. The van der Waals surface area contributed by atoms with Crippen molar-refractivity contribution in [1.29, 1.82) is 0 Å². The number of pyridine rings is 1. The quantitative estimate of drug-likeness (QED) is 0.361. The third-order valence-corrected chi connectivity index (χ3v) is 3.30. The first-order valence-corrected chi connectivity index (χ1v) is 7.28. The molecule has 7 heteroatoms. The van der Waals surface area contributed by atoms with Crippen molar-refractivity contribution in [2.75, 3.05) is 0 Å². The third-order valence-electron chi connectivity index (χ3n) is 2.77. The van der Waals surface area contributed by atoms with Gasteiger partial charge in [0.1, 0.15) is 18.0 Å². The molecule has 1 aromatic heterocycles. The van der Waals surface area contributed by atoms with Crippen LogP contribution in [0.25, 0.3) is 0 Å². The summed E-state index contributed by atoms with van der Waals surface area (Å²) in [6.45, 7) is 1.79. The number of nitrogens with zero attached hydrogens (tertiary/aromatic N) is 3. The van der Waals surface area contributed by atoms with Crippen LogP contribution in [0.3, 0.4) is 0 Å². The van der Waals surface area contributed by atoms with Gasteiger partial charge in [-0.05, 0) is 37.3 Å². The molecule has 6 nitrogen and oxygen atoms in total. The van der Waals surface area contributed by atoms with E-state index >= 15 is 0 Å². The van der Waals surface area contributed by atoms with E-state index in [1.54, 1.807) is 12.1 Å². The van der Waals surface area contributed by atoms with Gasteiger partial charge in [-0.15, -0.1) is 5.11 Å². The number of rotatable bonds is 5. The van der Waals surface area contributed by atoms with Crippen LogP contribution < -0.4 is 0 Å². The van der Waals surface area contributed by atoms with Crippen LogP contribution in [-0.4, -0.2) is 15.3 Å². The fourth-order valence-corrected chi connectivity index (χ4v) is 2.14. The molecule has 0 fully saturated rings. The monoisotopic (exact) mass is 351 g/mol. The lowest BCUT2D eigenvalue weighted by Crippen LogP contribution is -1.89. The van der Waals surface area contributed by atoms with E-state index in [-0.39, 0.29) is 12.4 Å². The molecule has 1 aromatic carbocycles. The average Bonchev–Trinajstić information content (AvgIpc) is 2.49. The molecule has 0 saturated heterocycles. The maximum Gasteiger partial charge on any atom is 0.121 e. The van der Waals surface area contributed by atoms with Gasteiger partial charge < -0.3 is 5.11 Å². The highest BCUT2D eigenvalue weighted by Gasteiger charge is 2.05. The Balaban J connectivity index is 2.27. The van der Waals surface area contributed by atoms with E-state index in [0.29, 0.717) is 22.3 Å². The lowest BCUT2D eigenvalue weighted by atomic mass is 10.2. The Kier molecular flexibility index (Phi) is 5.38. The van der Waals surface area contributed by atoms with Gasteiger partial charge in [-0.2, -0.15) is 5.11 Å². The van der Waals surface area contributed by atoms with Crippen LogP contribution in [0.2, 0.25) is 0 Å². The lowest BCUT2D eigenvalue weighted by Gasteiger charge is -2.03. The molecule has 0 bridgehead atoms. The molecule has 0 aliphatic rings. The maximum absolute atomic E-state index is 9.58. The highest BCUT2D eigenvalue weighted by molar-refractivity contribution is 9.08. The molecule has 0 atom stereocenters. The van der Waals surface area contributed by atoms with E-state index < -0.39 is 0 Å². The summed E-state index contributed by atoms with van der Waals surface area (Å²) in [5.74, 6) is 0.0288. The van der Waals surface area contributed by atoms with Gasteiger partial charge >= 0.3 is 0 Å². The highest BCUT2D eigenvalue weighted by Crippen LogP contribution is 2.27. The minimum Gasteiger partial charge on any atom is -0.508 e. The minimum absolute atomic E-state index is 0.0288. The topological polar surface area (TPSA) is 87.3 Å². The number of halogens is 1. The number of hydrogen-bond donors (Lipinski definition) is 2. The summed E-state index contributed by atoms with van der Waals surface area (Å²) in [7, 11) is 0. The first kappa shape index (κ1) is 15.6. The van der Waals surface area contributed by atoms with E-state index in [4.69, 9.17) is 5.26 Å². The number of azo groups is 1. The number of hydrogen-bond acceptors (Lipinski definition) is 6. The second-order valence-corrected chi connectivity index (χ2v) is 4.90. The lowest BCUT2D eigenvalue weighted by molar-refractivity contribution is -0.253. The van der Waals surface area contributed by atoms with Crippen LogP contribution in [0.4, 0.5) is 11.4 Å². The van der Waals surface area contributed by atoms with E-state index in [0.717, 1.165) is 11.4 Å². The fraction of sp³-hybridized carbons (Fsp3) is 0.214. The van der Waals surface area contributed by atoms with Crippen LogP contribution >= 0.6 is 15.9 Å². The Hall–Kier alpha value is -1.83. The molecule has 21 heavy (non-hydrogen) atoms. The van der Waals surface area contributed by atoms with Crippen molar-refractivity contribution in [2.45, 2.75) is 18.9 Å². The highest BCUT2D eigenvalue weighted by atomic mass is 79.9. The fourth-order valence-electron chi connectivity index (χ4n) is 1.72. The Morgan fingerprint density at radius 3 is 2.76 bits per heavy atom. The standard InChI is InChI=1S/C14H14BrN3O3/c1-9-2-4-12(13(7-15)16-9)18-17-11-3-5-14(19)10(6-11)8-21-20/h2-6,19-20H,7-8H2,1H3. The number of alkyl halides is 1. The second kappa shape index (κ2) is 7.26. The van der Waals surface area contributed by atoms with Gasteiger partial charge in [-0.1, -0.05) is 15.9 Å². The second-order valence-electron chi connectivity index (χ2n) is 4.34. The van der Waals surface area contributed by atoms with Gasteiger partial charge in [0.05, 0.1) is 11.4 Å². The zero-order chi connectivity index (χ0) is 15.2. The maximum atomic E-state index is 9.58. The number of aryl methyl sites for hydroxylation is 1. The van der Waals surface area contributed by atoms with Crippen molar-refractivity contribution < 1.29 is 15.3 Å². The molecular formula is C14H14BrN3O3. The van der Waals surface area contributed by atoms with Crippen molar-refractivity contribution in [3.05, 3.63) is 47.3 Å². The molecule has 2 rings (SSSR count). The van der Waals surface area contributed by atoms with Crippen LogP contribution in [0.15, 0.2) is 40.6 Å². The van der Waals surface area contributed by atoms with E-state index in [2.05, 4.69) is 36.0 Å². The average molecular weight is 352 g/mol. The summed E-state index contributed by atoms with van der Waals surface area (Å²) in [5.41, 5.74) is 3.36. The SMILES string of the molecule is Cc1ccc(N=Nc2ccc(O)c(COO)c2)c(CBr)n1. The van der Waals surface area contributed by atoms with Crippen LogP contribution in [0.1, 0.15) is 17.0 Å². The van der Waals surface area contributed by atoms with Gasteiger partial charge in [0, 0.05) is 16.6 Å². The predicted octanol–water partition coefficient (Wildman–Crippen LogP) is 4.40. The van der Waals surface area contributed by atoms with Gasteiger partial charge in [0.15, 0.2) is 0 Å². The Bertz CT molecular complexity index is 662. The molecule has 0 unspecified atom stereocenters. The Labute approximate surface area is 130 Å². The molecule has 2 aromatic rings. The first-order chi connectivity index (χ1) is 10.1. The van der Waals surface area contributed by atoms with Gasteiger partial charge in [0.25, 0.3) is 0 Å². The molecule has 110 valence electrons. The smallest absolute Gasteiger partial charge is 0.121 e. The number of aromatic hydroxyl groups is 1. The van der Waals surface area contributed by atoms with E-state index in [9.17, 15) is 5.11 Å². The molecule has 0 spiro atoms. The summed E-state index contributed by atoms with van der Waals surface area (Å²) < 4.78 is 0. The summed E-state index contributed by atoms with van der Waals surface area (Å²) in [4.78, 5) is 8.40. The van der Waals surface area contributed by atoms with Crippen LogP contribution in [-0.2, 0) is 16.8 Å². The zero-order valence-electron chi connectivity index (χ0n) is 11.3. The van der Waals surface area contributed by atoms with Crippen LogP contribution in [0.5, 0.6) is 5.75 Å². The molecule has 2 N–H and O–H groups in total. The normalized spacial score (nSPS) is 11.2. The van der Waals surface area contributed by atoms with Crippen molar-refractivity contribution in [2.24, 2.45) is 10.2 Å². The number of phenols is 1. The van der Waals surface area contributed by atoms with Crippen molar-refractivity contribution in [1.82, 2.24) is 4.98 Å². The summed E-state index contributed by atoms with van der Waals surface area (Å²) in [5, 5.41) is 26.9. The van der Waals surface area contributed by atoms with Crippen molar-refractivity contribution in [3.63, 3.8) is 0 Å². The molecule has 0 aliphatic heterocycles. The third kappa shape index (κ3) is 4.07. The molecule has 1 heterocycles. The summed E-state index contributed by atoms with van der Waals surface area (Å²) >= 11 is 3.37. The minimum atomic E-state index is -0.117. The van der Waals surface area contributed by atoms with E-state index in [1.165, 1.54) is 6.07 Å². The number of benzene rings is 1. The number of aromatic nitrogens is 1. The molecular weight excluding hydrogens is 338 g/mol. The number of phenolic OH excluding ortho intramolecular Hbond substituents is 1. The molecule has 0 radical (unpaired) electrons. The van der Waals surface area contributed by atoms with Gasteiger partial charge in [-0.25, -0.2) is 4.89 Å². The first-order valence-electron chi connectivity index (χ1n) is 6.16. The molecule has 0 amide bonds. The Morgan fingerprint density at radius 2 is 2.05 bits per heavy atom. The Morgan fingerprint density at radius 1 is 1.24 bits per heavy atom. The summed E-state index contributed by atoms with van der Waals surface area (Å²) in [6.07, 6.45) is 0. The van der Waals surface area contributed by atoms with Crippen molar-refractivity contribution in [3.8, 4) is 5.75 Å². The van der Waals surface area contributed by atoms with E-state index in [1.807, 2.05) is 19.1 Å². The van der Waals surface area contributed by atoms with Gasteiger partial charge in [-0.3, -0.25) is 10.2 Å². The van der Waals surface area contributed by atoms with Crippen LogP contribution in [0, 0.1) is 6.92 Å². The largest absolute Gasteiger partial charge is 0.508 e. The van der Waals surface area contributed by atoms with Gasteiger partial charge in [0.2, 0.25) is 0 Å². The molecule has 0 aliphatic carbocycles.